The number of aryl methyl sites for hydroxylation is 1. The lowest BCUT2D eigenvalue weighted by Crippen LogP contribution is -2.47. The minimum atomic E-state index is -0.768. The number of rotatable bonds is 8. The first-order chi connectivity index (χ1) is 16.9. The smallest absolute Gasteiger partial charge is 0.248 e. The van der Waals surface area contributed by atoms with Gasteiger partial charge >= 0.3 is 0 Å². The van der Waals surface area contributed by atoms with Gasteiger partial charge in [-0.3, -0.25) is 19.3 Å². The number of hydrogen-bond donors (Lipinski definition) is 2. The van der Waals surface area contributed by atoms with Crippen LogP contribution in [0, 0.1) is 6.92 Å². The van der Waals surface area contributed by atoms with Gasteiger partial charge in [0.25, 0.3) is 0 Å². The van der Waals surface area contributed by atoms with Crippen molar-refractivity contribution < 1.29 is 14.4 Å². The monoisotopic (exact) mass is 509 g/mol. The van der Waals surface area contributed by atoms with E-state index >= 15 is 0 Å². The maximum absolute atomic E-state index is 13.8. The number of amides is 3. The SMILES string of the molecule is CC(=O)Nc1ccc(N(C(=O)Cc2cccs2)C(C(=O)NC2CCCCC2)c2sccc2C)cc1. The van der Waals surface area contributed by atoms with Gasteiger partial charge in [-0.1, -0.05) is 25.3 Å². The predicted octanol–water partition coefficient (Wildman–Crippen LogP) is 5.84. The lowest BCUT2D eigenvalue weighted by Gasteiger charge is -2.33. The quantitative estimate of drug-likeness (QED) is 0.400. The van der Waals surface area contributed by atoms with Gasteiger partial charge in [0.05, 0.1) is 6.42 Å². The van der Waals surface area contributed by atoms with Crippen LogP contribution in [0.3, 0.4) is 0 Å². The molecule has 1 aliphatic rings. The highest BCUT2D eigenvalue weighted by Crippen LogP contribution is 2.35. The van der Waals surface area contributed by atoms with E-state index in [-0.39, 0.29) is 30.2 Å². The van der Waals surface area contributed by atoms with E-state index in [9.17, 15) is 14.4 Å². The average Bonchev–Trinajstić information content (AvgIpc) is 3.50. The maximum atomic E-state index is 13.8. The summed E-state index contributed by atoms with van der Waals surface area (Å²) in [4.78, 5) is 42.6. The Morgan fingerprint density at radius 1 is 1.00 bits per heavy atom. The summed E-state index contributed by atoms with van der Waals surface area (Å²) in [6, 6.07) is 12.3. The van der Waals surface area contributed by atoms with Crippen LogP contribution >= 0.6 is 22.7 Å². The minimum absolute atomic E-state index is 0.135. The lowest BCUT2D eigenvalue weighted by atomic mass is 9.95. The molecular weight excluding hydrogens is 478 g/mol. The van der Waals surface area contributed by atoms with Gasteiger partial charge in [0.15, 0.2) is 0 Å². The molecule has 0 radical (unpaired) electrons. The third-order valence-electron chi connectivity index (χ3n) is 6.25. The van der Waals surface area contributed by atoms with E-state index in [4.69, 9.17) is 0 Å². The maximum Gasteiger partial charge on any atom is 0.248 e. The molecule has 2 heterocycles. The van der Waals surface area contributed by atoms with Gasteiger partial charge in [-0.05, 0) is 72.5 Å². The Hall–Kier alpha value is -2.97. The van der Waals surface area contributed by atoms with Crippen LogP contribution in [0.4, 0.5) is 11.4 Å². The zero-order valence-corrected chi connectivity index (χ0v) is 21.7. The molecule has 0 saturated heterocycles. The van der Waals surface area contributed by atoms with Crippen molar-refractivity contribution in [3.05, 3.63) is 68.5 Å². The summed E-state index contributed by atoms with van der Waals surface area (Å²) in [6.07, 6.45) is 5.57. The number of hydrogen-bond acceptors (Lipinski definition) is 5. The van der Waals surface area contributed by atoms with Gasteiger partial charge in [-0.15, -0.1) is 22.7 Å². The number of nitrogens with one attached hydrogen (secondary N) is 2. The van der Waals surface area contributed by atoms with E-state index in [0.29, 0.717) is 11.4 Å². The Bertz CT molecular complexity index is 1150. The van der Waals surface area contributed by atoms with Crippen LogP contribution in [0.15, 0.2) is 53.2 Å². The molecule has 4 rings (SSSR count). The van der Waals surface area contributed by atoms with Crippen LogP contribution in [0.1, 0.15) is 60.4 Å². The summed E-state index contributed by atoms with van der Waals surface area (Å²) in [5.74, 6) is -0.452. The van der Waals surface area contributed by atoms with Crippen LogP contribution in [0.5, 0.6) is 0 Å². The van der Waals surface area contributed by atoms with Gasteiger partial charge in [0.2, 0.25) is 17.7 Å². The summed E-state index contributed by atoms with van der Waals surface area (Å²) in [5, 5.41) is 9.93. The molecule has 1 aromatic carbocycles. The molecule has 35 heavy (non-hydrogen) atoms. The molecule has 0 bridgehead atoms. The van der Waals surface area contributed by atoms with Crippen molar-refractivity contribution in [2.45, 2.75) is 64.5 Å². The van der Waals surface area contributed by atoms with Crippen molar-refractivity contribution >= 4 is 51.8 Å². The number of carbonyl (C=O) groups excluding carboxylic acids is 3. The molecule has 3 amide bonds. The fourth-order valence-corrected chi connectivity index (χ4v) is 6.25. The van der Waals surface area contributed by atoms with Crippen LogP contribution in [0.25, 0.3) is 0 Å². The molecule has 1 unspecified atom stereocenters. The third-order valence-corrected chi connectivity index (χ3v) is 8.20. The Morgan fingerprint density at radius 2 is 1.74 bits per heavy atom. The second-order valence-corrected chi connectivity index (χ2v) is 10.9. The first-order valence-electron chi connectivity index (χ1n) is 12.0. The first-order valence-corrected chi connectivity index (χ1v) is 13.7. The molecule has 1 fully saturated rings. The topological polar surface area (TPSA) is 78.5 Å². The lowest BCUT2D eigenvalue weighted by molar-refractivity contribution is -0.127. The van der Waals surface area contributed by atoms with Crippen molar-refractivity contribution in [1.29, 1.82) is 0 Å². The second kappa shape index (κ2) is 11.6. The fourth-order valence-electron chi connectivity index (χ4n) is 4.54. The predicted molar refractivity (Wildman–Crippen MR) is 143 cm³/mol. The Labute approximate surface area is 214 Å². The Balaban J connectivity index is 1.72. The van der Waals surface area contributed by atoms with Crippen molar-refractivity contribution in [3.8, 4) is 0 Å². The largest absolute Gasteiger partial charge is 0.351 e. The minimum Gasteiger partial charge on any atom is -0.351 e. The summed E-state index contributed by atoms with van der Waals surface area (Å²) in [7, 11) is 0. The van der Waals surface area contributed by atoms with Crippen LogP contribution < -0.4 is 15.5 Å². The van der Waals surface area contributed by atoms with Crippen molar-refractivity contribution in [2.24, 2.45) is 0 Å². The van der Waals surface area contributed by atoms with Gasteiger partial charge < -0.3 is 10.6 Å². The Morgan fingerprint density at radius 3 is 2.34 bits per heavy atom. The normalized spacial score (nSPS) is 14.8. The summed E-state index contributed by atoms with van der Waals surface area (Å²) in [6.45, 7) is 3.44. The van der Waals surface area contributed by atoms with Crippen molar-refractivity contribution in [1.82, 2.24) is 5.32 Å². The molecule has 0 spiro atoms. The highest BCUT2D eigenvalue weighted by atomic mass is 32.1. The van der Waals surface area contributed by atoms with Crippen molar-refractivity contribution in [2.75, 3.05) is 10.2 Å². The molecule has 184 valence electrons. The van der Waals surface area contributed by atoms with E-state index < -0.39 is 6.04 Å². The molecule has 2 N–H and O–H groups in total. The number of carbonyl (C=O) groups is 3. The Kier molecular flexibility index (Phi) is 8.36. The molecule has 1 saturated carbocycles. The number of nitrogens with zero attached hydrogens (tertiary/aromatic N) is 1. The van der Waals surface area contributed by atoms with E-state index in [1.807, 2.05) is 35.9 Å². The molecule has 3 aromatic rings. The fraction of sp³-hybridized carbons (Fsp3) is 0.370. The number of thiophene rings is 2. The molecule has 8 heteroatoms. The zero-order chi connectivity index (χ0) is 24.8. The molecule has 6 nitrogen and oxygen atoms in total. The summed E-state index contributed by atoms with van der Waals surface area (Å²) < 4.78 is 0. The molecule has 2 aromatic heterocycles. The van der Waals surface area contributed by atoms with Crippen LogP contribution in [-0.2, 0) is 20.8 Å². The molecular formula is C27H31N3O3S2. The molecule has 0 aliphatic heterocycles. The van der Waals surface area contributed by atoms with E-state index in [0.717, 1.165) is 41.0 Å². The average molecular weight is 510 g/mol. The summed E-state index contributed by atoms with van der Waals surface area (Å²) >= 11 is 3.03. The van der Waals surface area contributed by atoms with Crippen molar-refractivity contribution in [3.63, 3.8) is 0 Å². The van der Waals surface area contributed by atoms with E-state index in [1.54, 1.807) is 29.2 Å². The number of benzene rings is 1. The summed E-state index contributed by atoms with van der Waals surface area (Å²) in [5.41, 5.74) is 2.25. The third kappa shape index (κ3) is 6.38. The van der Waals surface area contributed by atoms with E-state index in [2.05, 4.69) is 10.6 Å². The highest BCUT2D eigenvalue weighted by molar-refractivity contribution is 7.10. The van der Waals surface area contributed by atoms with Crippen LogP contribution in [-0.4, -0.2) is 23.8 Å². The molecule has 1 atom stereocenters. The molecule has 1 aliphatic carbocycles. The van der Waals surface area contributed by atoms with E-state index in [1.165, 1.54) is 36.0 Å². The number of anilines is 2. The van der Waals surface area contributed by atoms with Gasteiger partial charge in [-0.2, -0.15) is 0 Å². The van der Waals surface area contributed by atoms with Crippen LogP contribution in [0.2, 0.25) is 0 Å². The van der Waals surface area contributed by atoms with Gasteiger partial charge in [0.1, 0.15) is 6.04 Å². The van der Waals surface area contributed by atoms with Gasteiger partial charge in [-0.25, -0.2) is 0 Å². The highest BCUT2D eigenvalue weighted by Gasteiger charge is 2.35. The van der Waals surface area contributed by atoms with Gasteiger partial charge in [0, 0.05) is 34.1 Å². The standard InChI is InChI=1S/C27H31N3O3S2/c1-18-14-16-35-26(18)25(27(33)29-20-7-4-3-5-8-20)30(24(32)17-23-9-6-15-34-23)22-12-10-21(11-13-22)28-19(2)31/h6,9-16,20,25H,3-5,7-8,17H2,1-2H3,(H,28,31)(H,29,33). The second-order valence-electron chi connectivity index (χ2n) is 8.96. The zero-order valence-electron chi connectivity index (χ0n) is 20.1. The first kappa shape index (κ1) is 25.1.